The first-order valence-electron chi connectivity index (χ1n) is 10.2. The number of ether oxygens (including phenoxy) is 3. The molecule has 180 valence electrons. The molecule has 0 spiro atoms. The van der Waals surface area contributed by atoms with Gasteiger partial charge in [-0.25, -0.2) is 15.0 Å². The van der Waals surface area contributed by atoms with E-state index in [9.17, 15) is 14.4 Å². The normalized spacial score (nSPS) is 15.5. The minimum absolute atomic E-state index is 0.194. The van der Waals surface area contributed by atoms with Crippen LogP contribution < -0.4 is 25.5 Å². The zero-order chi connectivity index (χ0) is 24.7. The number of hydrogen-bond donors (Lipinski definition) is 3. The Kier molecular flexibility index (Phi) is 8.51. The van der Waals surface area contributed by atoms with E-state index in [-0.39, 0.29) is 18.8 Å². The number of halogens is 1. The van der Waals surface area contributed by atoms with Crippen LogP contribution in [0.15, 0.2) is 51.1 Å². The Labute approximate surface area is 209 Å². The van der Waals surface area contributed by atoms with Crippen LogP contribution in [0.1, 0.15) is 31.2 Å². The fourth-order valence-corrected chi connectivity index (χ4v) is 3.58. The maximum absolute atomic E-state index is 12.5. The van der Waals surface area contributed by atoms with E-state index < -0.39 is 23.9 Å². The van der Waals surface area contributed by atoms with Crippen molar-refractivity contribution in [2.75, 3.05) is 20.3 Å². The highest BCUT2D eigenvalue weighted by Crippen LogP contribution is 2.34. The van der Waals surface area contributed by atoms with Gasteiger partial charge in [0.2, 0.25) is 0 Å². The number of carbonyl (C=O) groups excluding carboxylic acids is 3. The lowest BCUT2D eigenvalue weighted by Gasteiger charge is -2.28. The van der Waals surface area contributed by atoms with Crippen molar-refractivity contribution in [1.29, 1.82) is 0 Å². The summed E-state index contributed by atoms with van der Waals surface area (Å²) in [5.74, 6) is 0.0762. The number of hydrogen-bond acceptors (Lipinski definition) is 8. The van der Waals surface area contributed by atoms with Gasteiger partial charge in [-0.2, -0.15) is 5.10 Å². The Morgan fingerprint density at radius 1 is 1.26 bits per heavy atom. The molecule has 0 saturated heterocycles. The van der Waals surface area contributed by atoms with Crippen molar-refractivity contribution < 1.29 is 33.0 Å². The van der Waals surface area contributed by atoms with Gasteiger partial charge in [0.25, 0.3) is 5.91 Å². The van der Waals surface area contributed by atoms with Crippen molar-refractivity contribution in [2.45, 2.75) is 19.9 Å². The zero-order valence-corrected chi connectivity index (χ0v) is 20.8. The lowest BCUT2D eigenvalue weighted by Crippen LogP contribution is -2.45. The number of furan rings is 1. The van der Waals surface area contributed by atoms with Crippen molar-refractivity contribution in [1.82, 2.24) is 16.1 Å². The molecule has 1 atom stereocenters. The predicted molar refractivity (Wildman–Crippen MR) is 129 cm³/mol. The lowest BCUT2D eigenvalue weighted by molar-refractivity contribution is -0.139. The zero-order valence-electron chi connectivity index (χ0n) is 18.6. The smallest absolute Gasteiger partial charge is 0.338 e. The molecule has 0 fully saturated rings. The van der Waals surface area contributed by atoms with E-state index in [0.717, 1.165) is 0 Å². The van der Waals surface area contributed by atoms with Gasteiger partial charge in [-0.15, -0.1) is 0 Å². The molecule has 0 aliphatic carbocycles. The predicted octanol–water partition coefficient (Wildman–Crippen LogP) is 2.61. The number of urea groups is 1. The molecule has 3 N–H and O–H groups in total. The molecular formula is C22H23IN4O7. The van der Waals surface area contributed by atoms with Gasteiger partial charge in [0.05, 0.1) is 31.5 Å². The third-order valence-corrected chi connectivity index (χ3v) is 5.20. The summed E-state index contributed by atoms with van der Waals surface area (Å²) in [6.07, 6.45) is 1.37. The molecule has 2 aromatic rings. The summed E-state index contributed by atoms with van der Waals surface area (Å²) >= 11 is 2.02. The first-order chi connectivity index (χ1) is 16.3. The van der Waals surface area contributed by atoms with Gasteiger partial charge < -0.3 is 29.3 Å². The van der Waals surface area contributed by atoms with Crippen molar-refractivity contribution in [2.24, 2.45) is 5.10 Å². The fourth-order valence-electron chi connectivity index (χ4n) is 3.15. The quantitative estimate of drug-likeness (QED) is 0.179. The van der Waals surface area contributed by atoms with E-state index in [0.29, 0.717) is 32.3 Å². The molecule has 1 aromatic heterocycles. The third kappa shape index (κ3) is 6.27. The molecule has 0 unspecified atom stereocenters. The Morgan fingerprint density at radius 2 is 2.06 bits per heavy atom. The summed E-state index contributed by atoms with van der Waals surface area (Å²) < 4.78 is 22.1. The van der Waals surface area contributed by atoms with Gasteiger partial charge in [-0.3, -0.25) is 4.79 Å². The molecule has 0 bridgehead atoms. The van der Waals surface area contributed by atoms with Crippen LogP contribution in [0.4, 0.5) is 4.79 Å². The topological polar surface area (TPSA) is 140 Å². The molecule has 0 radical (unpaired) electrons. The Balaban J connectivity index is 1.70. The van der Waals surface area contributed by atoms with Gasteiger partial charge >= 0.3 is 12.0 Å². The molecule has 0 saturated carbocycles. The van der Waals surface area contributed by atoms with Gasteiger partial charge in [0, 0.05) is 5.70 Å². The summed E-state index contributed by atoms with van der Waals surface area (Å²) in [4.78, 5) is 36.6. The molecule has 2 heterocycles. The number of methoxy groups -OCH3 is 1. The first kappa shape index (κ1) is 25.1. The van der Waals surface area contributed by atoms with E-state index in [1.807, 2.05) is 22.6 Å². The second kappa shape index (κ2) is 11.5. The first-order valence-corrected chi connectivity index (χ1v) is 11.2. The average molecular weight is 582 g/mol. The van der Waals surface area contributed by atoms with E-state index in [1.165, 1.54) is 13.3 Å². The largest absolute Gasteiger partial charge is 0.493 e. The Hall–Kier alpha value is -3.55. The van der Waals surface area contributed by atoms with E-state index in [2.05, 4.69) is 21.2 Å². The van der Waals surface area contributed by atoms with Crippen LogP contribution in [-0.4, -0.2) is 44.4 Å². The van der Waals surface area contributed by atoms with Crippen LogP contribution in [-0.2, 0) is 14.3 Å². The molecule has 3 rings (SSSR count). The summed E-state index contributed by atoms with van der Waals surface area (Å²) in [6.45, 7) is 3.20. The number of allylic oxidation sites excluding steroid dienone is 1. The van der Waals surface area contributed by atoms with Gasteiger partial charge in [0.1, 0.15) is 5.76 Å². The fraction of sp³-hybridized carbons (Fsp3) is 0.273. The lowest BCUT2D eigenvalue weighted by atomic mass is 9.95. The number of nitrogens with one attached hydrogen (secondary N) is 3. The average Bonchev–Trinajstić information content (AvgIpc) is 3.22. The van der Waals surface area contributed by atoms with Crippen molar-refractivity contribution in [3.05, 3.63) is 56.7 Å². The number of benzene rings is 1. The standard InChI is InChI=1S/C22H23IN4O7/c1-4-32-21(29)19-12(2)25-22(30)26-20(19)13-5-7-15(16(9-13)31-3)33-11-18(28)27-24-10-14-6-8-17(23)34-14/h5-10,20H,4,11H2,1-3H3,(H,27,28)(H2,25,26,30)/t20-/m1/s1. The van der Waals surface area contributed by atoms with Crippen molar-refractivity contribution in [3.8, 4) is 11.5 Å². The van der Waals surface area contributed by atoms with E-state index in [4.69, 9.17) is 18.6 Å². The SMILES string of the molecule is CCOC(=O)C1=C(C)NC(=O)N[C@@H]1c1ccc(OCC(=O)NN=Cc2ccc(I)o2)c(OC)c1. The summed E-state index contributed by atoms with van der Waals surface area (Å²) in [5.41, 5.74) is 3.59. The third-order valence-electron chi connectivity index (χ3n) is 4.62. The highest BCUT2D eigenvalue weighted by atomic mass is 127. The minimum atomic E-state index is -0.752. The van der Waals surface area contributed by atoms with Gasteiger partial charge in [0.15, 0.2) is 21.9 Å². The van der Waals surface area contributed by atoms with Crippen LogP contribution >= 0.6 is 22.6 Å². The Morgan fingerprint density at radius 3 is 2.74 bits per heavy atom. The molecule has 1 aliphatic rings. The van der Waals surface area contributed by atoms with Crippen LogP contribution in [0.25, 0.3) is 0 Å². The van der Waals surface area contributed by atoms with Gasteiger partial charge in [-0.05, 0) is 66.3 Å². The number of amides is 3. The van der Waals surface area contributed by atoms with Crippen LogP contribution in [0, 0.1) is 3.77 Å². The number of nitrogens with zero attached hydrogens (tertiary/aromatic N) is 1. The second-order valence-electron chi connectivity index (χ2n) is 6.92. The molecule has 1 aromatic carbocycles. The molecule has 1 aliphatic heterocycles. The summed E-state index contributed by atoms with van der Waals surface area (Å²) in [7, 11) is 1.44. The number of rotatable bonds is 9. The van der Waals surface area contributed by atoms with Gasteiger partial charge in [-0.1, -0.05) is 6.07 Å². The van der Waals surface area contributed by atoms with Crippen molar-refractivity contribution >= 4 is 46.7 Å². The van der Waals surface area contributed by atoms with Crippen LogP contribution in [0.2, 0.25) is 0 Å². The Bertz CT molecular complexity index is 1140. The van der Waals surface area contributed by atoms with Crippen molar-refractivity contribution in [3.63, 3.8) is 0 Å². The monoisotopic (exact) mass is 582 g/mol. The number of carbonyl (C=O) groups is 3. The van der Waals surface area contributed by atoms with E-state index in [1.54, 1.807) is 44.2 Å². The molecular weight excluding hydrogens is 559 g/mol. The second-order valence-corrected chi connectivity index (χ2v) is 7.99. The maximum Gasteiger partial charge on any atom is 0.338 e. The maximum atomic E-state index is 12.5. The molecule has 11 nitrogen and oxygen atoms in total. The van der Waals surface area contributed by atoms with E-state index >= 15 is 0 Å². The minimum Gasteiger partial charge on any atom is -0.493 e. The van der Waals surface area contributed by atoms with Crippen LogP contribution in [0.5, 0.6) is 11.5 Å². The summed E-state index contributed by atoms with van der Waals surface area (Å²) in [6, 6.07) is 7.15. The highest BCUT2D eigenvalue weighted by molar-refractivity contribution is 14.1. The summed E-state index contributed by atoms with van der Waals surface area (Å²) in [5, 5.41) is 9.11. The highest BCUT2D eigenvalue weighted by Gasteiger charge is 2.32. The van der Waals surface area contributed by atoms with Crippen LogP contribution in [0.3, 0.4) is 0 Å². The number of hydrazone groups is 1. The molecule has 34 heavy (non-hydrogen) atoms. The number of esters is 1. The molecule has 3 amide bonds. The molecule has 12 heteroatoms.